The van der Waals surface area contributed by atoms with E-state index in [-0.39, 0.29) is 6.04 Å². The molecule has 4 heteroatoms. The van der Waals surface area contributed by atoms with Crippen LogP contribution in [-0.4, -0.2) is 0 Å². The van der Waals surface area contributed by atoms with Crippen LogP contribution in [-0.2, 0) is 0 Å². The van der Waals surface area contributed by atoms with Gasteiger partial charge in [-0.1, -0.05) is 13.3 Å². The van der Waals surface area contributed by atoms with E-state index in [4.69, 9.17) is 10.2 Å². The maximum Gasteiger partial charge on any atom is 0.162 e. The smallest absolute Gasteiger partial charge is 0.162 e. The first kappa shape index (κ1) is 11.1. The van der Waals surface area contributed by atoms with E-state index < -0.39 is 11.6 Å². The zero-order chi connectivity index (χ0) is 11.7. The average molecular weight is 225 g/mol. The molecule has 0 aliphatic heterocycles. The number of halogens is 2. The van der Waals surface area contributed by atoms with Gasteiger partial charge in [-0.25, -0.2) is 8.78 Å². The lowest BCUT2D eigenvalue weighted by atomic mass is 10.1. The molecule has 0 aliphatic carbocycles. The molecule has 0 fully saturated rings. The SMILES string of the molecule is CCCC(N)c1cc2cc(F)c(F)cc2o1. The molecule has 0 saturated heterocycles. The van der Waals surface area contributed by atoms with Gasteiger partial charge in [-0.2, -0.15) is 0 Å². The van der Waals surface area contributed by atoms with E-state index in [9.17, 15) is 8.78 Å². The van der Waals surface area contributed by atoms with Gasteiger partial charge in [-0.3, -0.25) is 0 Å². The van der Waals surface area contributed by atoms with Crippen molar-refractivity contribution in [3.63, 3.8) is 0 Å². The number of hydrogen-bond acceptors (Lipinski definition) is 2. The van der Waals surface area contributed by atoms with Crippen LogP contribution in [0.4, 0.5) is 8.78 Å². The monoisotopic (exact) mass is 225 g/mol. The lowest BCUT2D eigenvalue weighted by Crippen LogP contribution is -2.08. The Labute approximate surface area is 92.0 Å². The van der Waals surface area contributed by atoms with Gasteiger partial charge in [0.05, 0.1) is 6.04 Å². The van der Waals surface area contributed by atoms with E-state index in [1.165, 1.54) is 0 Å². The van der Waals surface area contributed by atoms with Gasteiger partial charge in [0.15, 0.2) is 11.6 Å². The van der Waals surface area contributed by atoms with Crippen LogP contribution in [0.15, 0.2) is 22.6 Å². The van der Waals surface area contributed by atoms with Gasteiger partial charge >= 0.3 is 0 Å². The number of hydrogen-bond donors (Lipinski definition) is 1. The van der Waals surface area contributed by atoms with Gasteiger partial charge < -0.3 is 10.2 Å². The standard InChI is InChI=1S/C12H13F2NO/c1-2-3-10(15)12-5-7-4-8(13)9(14)6-11(7)16-12/h4-6,10H,2-3,15H2,1H3. The Hall–Kier alpha value is -1.42. The molecule has 2 N–H and O–H groups in total. The highest BCUT2D eigenvalue weighted by atomic mass is 19.2. The summed E-state index contributed by atoms with van der Waals surface area (Å²) in [5, 5.41) is 0.542. The van der Waals surface area contributed by atoms with Crippen LogP contribution in [0.5, 0.6) is 0 Å². The Morgan fingerprint density at radius 3 is 2.62 bits per heavy atom. The summed E-state index contributed by atoms with van der Waals surface area (Å²) in [6.45, 7) is 2.02. The van der Waals surface area contributed by atoms with Crippen molar-refractivity contribution in [2.75, 3.05) is 0 Å². The molecule has 0 amide bonds. The maximum atomic E-state index is 13.0. The van der Waals surface area contributed by atoms with Crippen LogP contribution < -0.4 is 5.73 Å². The number of fused-ring (bicyclic) bond motifs is 1. The van der Waals surface area contributed by atoms with Crippen LogP contribution in [0.3, 0.4) is 0 Å². The Bertz CT molecular complexity index is 468. The summed E-state index contributed by atoms with van der Waals surface area (Å²) >= 11 is 0. The Morgan fingerprint density at radius 1 is 1.25 bits per heavy atom. The third kappa shape index (κ3) is 1.93. The van der Waals surface area contributed by atoms with Gasteiger partial charge in [0.25, 0.3) is 0 Å². The van der Waals surface area contributed by atoms with Crippen molar-refractivity contribution in [3.05, 3.63) is 35.6 Å². The molecule has 0 spiro atoms. The number of furan rings is 1. The molecule has 2 rings (SSSR count). The van der Waals surface area contributed by atoms with E-state index >= 15 is 0 Å². The largest absolute Gasteiger partial charge is 0.459 e. The Morgan fingerprint density at radius 2 is 1.94 bits per heavy atom. The third-order valence-corrected chi connectivity index (χ3v) is 2.54. The molecular formula is C12H13F2NO. The molecule has 0 bridgehead atoms. The molecule has 1 aromatic heterocycles. The first-order valence-electron chi connectivity index (χ1n) is 5.26. The van der Waals surface area contributed by atoms with E-state index in [1.54, 1.807) is 6.07 Å². The summed E-state index contributed by atoms with van der Waals surface area (Å²) in [5.41, 5.74) is 6.20. The lowest BCUT2D eigenvalue weighted by molar-refractivity contribution is 0.470. The van der Waals surface area contributed by atoms with Crippen molar-refractivity contribution < 1.29 is 13.2 Å². The van der Waals surface area contributed by atoms with Crippen molar-refractivity contribution >= 4 is 11.0 Å². The molecule has 2 nitrogen and oxygen atoms in total. The average Bonchev–Trinajstić information content (AvgIpc) is 2.62. The molecule has 1 atom stereocenters. The number of rotatable bonds is 3. The summed E-state index contributed by atoms with van der Waals surface area (Å²) in [6, 6.07) is 3.62. The molecule has 1 heterocycles. The minimum Gasteiger partial charge on any atom is -0.459 e. The fraction of sp³-hybridized carbons (Fsp3) is 0.333. The summed E-state index contributed by atoms with van der Waals surface area (Å²) in [4.78, 5) is 0. The van der Waals surface area contributed by atoms with Crippen LogP contribution in [0.1, 0.15) is 31.6 Å². The molecule has 0 radical (unpaired) electrons. The molecule has 1 unspecified atom stereocenters. The molecule has 86 valence electrons. The Kier molecular flexibility index (Phi) is 2.92. The van der Waals surface area contributed by atoms with Crippen molar-refractivity contribution in [2.45, 2.75) is 25.8 Å². The van der Waals surface area contributed by atoms with Gasteiger partial charge in [-0.05, 0) is 18.6 Å². The second-order valence-electron chi connectivity index (χ2n) is 3.85. The van der Waals surface area contributed by atoms with E-state index in [2.05, 4.69) is 0 Å². The van der Waals surface area contributed by atoms with Crippen molar-refractivity contribution in [3.8, 4) is 0 Å². The highest BCUT2D eigenvalue weighted by Crippen LogP contribution is 2.26. The van der Waals surface area contributed by atoms with Crippen molar-refractivity contribution in [1.82, 2.24) is 0 Å². The summed E-state index contributed by atoms with van der Waals surface area (Å²) < 4.78 is 31.3. The number of benzene rings is 1. The Balaban J connectivity index is 2.43. The van der Waals surface area contributed by atoms with Crippen LogP contribution >= 0.6 is 0 Å². The first-order valence-corrected chi connectivity index (χ1v) is 5.26. The second kappa shape index (κ2) is 4.22. The molecule has 2 aromatic rings. The van der Waals surface area contributed by atoms with Crippen LogP contribution in [0.25, 0.3) is 11.0 Å². The van der Waals surface area contributed by atoms with Crippen molar-refractivity contribution in [2.24, 2.45) is 5.73 Å². The minimum absolute atomic E-state index is 0.219. The van der Waals surface area contributed by atoms with Gasteiger partial charge in [0.2, 0.25) is 0 Å². The summed E-state index contributed by atoms with van der Waals surface area (Å²) in [5.74, 6) is -1.21. The predicted octanol–water partition coefficient (Wildman–Crippen LogP) is 3.51. The highest BCUT2D eigenvalue weighted by molar-refractivity contribution is 5.78. The van der Waals surface area contributed by atoms with E-state index in [0.717, 1.165) is 25.0 Å². The maximum absolute atomic E-state index is 13.0. The van der Waals surface area contributed by atoms with Gasteiger partial charge in [-0.15, -0.1) is 0 Å². The summed E-state index contributed by atoms with van der Waals surface area (Å²) in [7, 11) is 0. The van der Waals surface area contributed by atoms with E-state index in [1.807, 2.05) is 6.92 Å². The predicted molar refractivity (Wildman–Crippen MR) is 58.0 cm³/mol. The zero-order valence-corrected chi connectivity index (χ0v) is 8.97. The van der Waals surface area contributed by atoms with Gasteiger partial charge in [0.1, 0.15) is 11.3 Å². The second-order valence-corrected chi connectivity index (χ2v) is 3.85. The first-order chi connectivity index (χ1) is 7.61. The molecule has 0 saturated carbocycles. The van der Waals surface area contributed by atoms with Crippen LogP contribution in [0.2, 0.25) is 0 Å². The zero-order valence-electron chi connectivity index (χ0n) is 8.97. The molecule has 0 aliphatic rings. The minimum atomic E-state index is -0.905. The molecular weight excluding hydrogens is 212 g/mol. The summed E-state index contributed by atoms with van der Waals surface area (Å²) in [6.07, 6.45) is 1.71. The van der Waals surface area contributed by atoms with E-state index in [0.29, 0.717) is 16.7 Å². The number of nitrogens with two attached hydrogens (primary N) is 1. The van der Waals surface area contributed by atoms with Crippen molar-refractivity contribution in [1.29, 1.82) is 0 Å². The topological polar surface area (TPSA) is 39.2 Å². The normalized spacial score (nSPS) is 13.2. The lowest BCUT2D eigenvalue weighted by Gasteiger charge is -2.04. The molecule has 1 aromatic carbocycles. The van der Waals surface area contributed by atoms with Crippen LogP contribution in [0, 0.1) is 11.6 Å². The van der Waals surface area contributed by atoms with Gasteiger partial charge in [0, 0.05) is 11.5 Å². The highest BCUT2D eigenvalue weighted by Gasteiger charge is 2.13. The fourth-order valence-electron chi connectivity index (χ4n) is 1.69. The third-order valence-electron chi connectivity index (χ3n) is 2.54. The quantitative estimate of drug-likeness (QED) is 0.868. The fourth-order valence-corrected chi connectivity index (χ4v) is 1.69. The molecule has 16 heavy (non-hydrogen) atoms.